The van der Waals surface area contributed by atoms with E-state index in [1.807, 2.05) is 30.3 Å². The number of aromatic carboxylic acids is 1. The maximum Gasteiger partial charge on any atom is 0.407 e. The van der Waals surface area contributed by atoms with E-state index in [4.69, 9.17) is 9.84 Å². The Morgan fingerprint density at radius 1 is 1.07 bits per heavy atom. The summed E-state index contributed by atoms with van der Waals surface area (Å²) in [5.74, 6) is -1.80. The third kappa shape index (κ3) is 5.98. The molecule has 2 aromatic carbocycles. The zero-order valence-electron chi connectivity index (χ0n) is 14.4. The van der Waals surface area contributed by atoms with E-state index in [1.54, 1.807) is 0 Å². The third-order valence-corrected chi connectivity index (χ3v) is 3.88. The summed E-state index contributed by atoms with van der Waals surface area (Å²) < 4.78 is 5.02. The fraction of sp³-hybridized carbons (Fsp3) is 0.263. The molecule has 8 nitrogen and oxygen atoms in total. The number of aromatic hydroxyl groups is 1. The van der Waals surface area contributed by atoms with Gasteiger partial charge < -0.3 is 30.5 Å². The minimum absolute atomic E-state index is 0.0308. The van der Waals surface area contributed by atoms with Gasteiger partial charge in [-0.3, -0.25) is 0 Å². The molecule has 2 atom stereocenters. The van der Waals surface area contributed by atoms with E-state index in [9.17, 15) is 24.9 Å². The number of hydrogen-bond donors (Lipinski definition) is 5. The van der Waals surface area contributed by atoms with Crippen LogP contribution in [0.5, 0.6) is 5.75 Å². The molecular formula is C19H21NO7. The van der Waals surface area contributed by atoms with Gasteiger partial charge in [-0.2, -0.15) is 0 Å². The lowest BCUT2D eigenvalue weighted by Gasteiger charge is -2.19. The highest BCUT2D eigenvalue weighted by Gasteiger charge is 2.20. The van der Waals surface area contributed by atoms with Crippen molar-refractivity contribution in [3.05, 3.63) is 65.2 Å². The first-order chi connectivity index (χ1) is 12.9. The molecule has 0 aromatic heterocycles. The molecule has 2 aromatic rings. The van der Waals surface area contributed by atoms with Gasteiger partial charge in [0.05, 0.1) is 6.10 Å². The molecular weight excluding hydrogens is 354 g/mol. The number of nitrogens with one attached hydrogen (secondary N) is 1. The molecule has 144 valence electrons. The average molecular weight is 375 g/mol. The normalized spacial score (nSPS) is 12.8. The lowest BCUT2D eigenvalue weighted by molar-refractivity contribution is 0.0135. The second-order valence-corrected chi connectivity index (χ2v) is 5.87. The van der Waals surface area contributed by atoms with E-state index in [2.05, 4.69) is 5.32 Å². The van der Waals surface area contributed by atoms with Crippen LogP contribution < -0.4 is 5.32 Å². The quantitative estimate of drug-likeness (QED) is 0.474. The molecule has 0 heterocycles. The van der Waals surface area contributed by atoms with Crippen molar-refractivity contribution in [2.24, 2.45) is 0 Å². The molecule has 5 N–H and O–H groups in total. The Hall–Kier alpha value is -3.10. The molecule has 0 radical (unpaired) electrons. The number of hydrogen-bond acceptors (Lipinski definition) is 6. The Bertz CT molecular complexity index is 779. The first kappa shape index (κ1) is 20.2. The summed E-state index contributed by atoms with van der Waals surface area (Å²) >= 11 is 0. The number of aliphatic hydroxyl groups is 2. The van der Waals surface area contributed by atoms with E-state index in [1.165, 1.54) is 6.07 Å². The van der Waals surface area contributed by atoms with Crippen molar-refractivity contribution in [3.63, 3.8) is 0 Å². The third-order valence-electron chi connectivity index (χ3n) is 3.88. The predicted molar refractivity (Wildman–Crippen MR) is 95.3 cm³/mol. The molecule has 0 aliphatic heterocycles. The Kier molecular flexibility index (Phi) is 7.16. The van der Waals surface area contributed by atoms with Crippen LogP contribution in [0.4, 0.5) is 4.79 Å². The number of benzene rings is 2. The van der Waals surface area contributed by atoms with Gasteiger partial charge in [0.2, 0.25) is 0 Å². The molecule has 8 heteroatoms. The van der Waals surface area contributed by atoms with Crippen molar-refractivity contribution < 1.29 is 34.8 Å². The smallest absolute Gasteiger partial charge is 0.407 e. The lowest BCUT2D eigenvalue weighted by atomic mass is 10.00. The van der Waals surface area contributed by atoms with Crippen molar-refractivity contribution in [2.45, 2.75) is 25.2 Å². The molecule has 0 aliphatic rings. The number of carboxylic acid groups (broad SMARTS) is 1. The van der Waals surface area contributed by atoms with Crippen LogP contribution in [0.15, 0.2) is 48.5 Å². The van der Waals surface area contributed by atoms with Gasteiger partial charge in [0.1, 0.15) is 24.0 Å². The Balaban J connectivity index is 1.77. The number of carbonyl (C=O) groups is 2. The van der Waals surface area contributed by atoms with Crippen molar-refractivity contribution in [1.29, 1.82) is 0 Å². The second-order valence-electron chi connectivity index (χ2n) is 5.87. The highest BCUT2D eigenvalue weighted by atomic mass is 16.5. The number of alkyl carbamates (subject to hydrolysis) is 1. The summed E-state index contributed by atoms with van der Waals surface area (Å²) in [4.78, 5) is 22.5. The molecule has 0 bridgehead atoms. The predicted octanol–water partition coefficient (Wildman–Crippen LogP) is 1.80. The Labute approximate surface area is 155 Å². The van der Waals surface area contributed by atoms with Crippen LogP contribution in [0.2, 0.25) is 0 Å². The number of rotatable bonds is 8. The first-order valence-electron chi connectivity index (χ1n) is 8.25. The van der Waals surface area contributed by atoms with Crippen molar-refractivity contribution in [2.75, 3.05) is 6.54 Å². The molecule has 0 saturated heterocycles. The molecule has 27 heavy (non-hydrogen) atoms. The van der Waals surface area contributed by atoms with Crippen LogP contribution in [-0.4, -0.2) is 45.1 Å². The fourth-order valence-corrected chi connectivity index (χ4v) is 2.39. The molecule has 0 saturated carbocycles. The summed E-state index contributed by atoms with van der Waals surface area (Å²) in [5, 5.41) is 41.1. The number of aliphatic hydroxyl groups excluding tert-OH is 2. The van der Waals surface area contributed by atoms with E-state index in [0.29, 0.717) is 0 Å². The highest BCUT2D eigenvalue weighted by Crippen LogP contribution is 2.25. The first-order valence-corrected chi connectivity index (χ1v) is 8.25. The van der Waals surface area contributed by atoms with Gasteiger partial charge in [-0.1, -0.05) is 36.4 Å². The molecule has 1 amide bonds. The van der Waals surface area contributed by atoms with Crippen molar-refractivity contribution >= 4 is 12.1 Å². The van der Waals surface area contributed by atoms with Gasteiger partial charge >= 0.3 is 12.1 Å². The maximum absolute atomic E-state index is 11.6. The fourth-order valence-electron chi connectivity index (χ4n) is 2.39. The largest absolute Gasteiger partial charge is 0.507 e. The zero-order valence-corrected chi connectivity index (χ0v) is 14.4. The number of carboxylic acids is 1. The number of carbonyl (C=O) groups excluding carboxylic acids is 1. The van der Waals surface area contributed by atoms with E-state index in [0.717, 1.165) is 17.7 Å². The lowest BCUT2D eigenvalue weighted by Crippen LogP contribution is -2.29. The molecule has 2 unspecified atom stereocenters. The van der Waals surface area contributed by atoms with Crippen LogP contribution in [0.3, 0.4) is 0 Å². The summed E-state index contributed by atoms with van der Waals surface area (Å²) in [6.45, 7) is 0.179. The van der Waals surface area contributed by atoms with Gasteiger partial charge in [0.25, 0.3) is 0 Å². The number of ether oxygens (including phenoxy) is 1. The van der Waals surface area contributed by atoms with Gasteiger partial charge in [-0.25, -0.2) is 9.59 Å². The number of amides is 1. The van der Waals surface area contributed by atoms with E-state index < -0.39 is 30.0 Å². The molecule has 0 fully saturated rings. The van der Waals surface area contributed by atoms with Crippen LogP contribution in [0, 0.1) is 0 Å². The zero-order chi connectivity index (χ0) is 19.8. The summed E-state index contributed by atoms with van der Waals surface area (Å²) in [6.07, 6.45) is -3.19. The summed E-state index contributed by atoms with van der Waals surface area (Å²) in [5.41, 5.74) is 0.702. The maximum atomic E-state index is 11.6. The molecule has 0 aliphatic carbocycles. The Morgan fingerprint density at radius 3 is 2.41 bits per heavy atom. The standard InChI is InChI=1S/C19H21NO7/c21-15(17(23)13-6-7-14(18(24)25)16(22)10-13)8-9-20-19(26)27-11-12-4-2-1-3-5-12/h1-7,10,15,17,21-23H,8-9,11H2,(H,20,26)(H,24,25). The molecule has 0 spiro atoms. The van der Waals surface area contributed by atoms with Crippen LogP contribution in [-0.2, 0) is 11.3 Å². The van der Waals surface area contributed by atoms with Crippen LogP contribution >= 0.6 is 0 Å². The second kappa shape index (κ2) is 9.56. The SMILES string of the molecule is O=C(NCCC(O)C(O)c1ccc(C(=O)O)c(O)c1)OCc1ccccc1. The van der Waals surface area contributed by atoms with Gasteiger partial charge in [0.15, 0.2) is 0 Å². The highest BCUT2D eigenvalue weighted by molar-refractivity contribution is 5.90. The topological polar surface area (TPSA) is 136 Å². The minimum Gasteiger partial charge on any atom is -0.507 e. The number of phenols is 1. The summed E-state index contributed by atoms with van der Waals surface area (Å²) in [6, 6.07) is 12.7. The van der Waals surface area contributed by atoms with Crippen molar-refractivity contribution in [3.8, 4) is 5.75 Å². The van der Waals surface area contributed by atoms with E-state index in [-0.39, 0.29) is 30.7 Å². The van der Waals surface area contributed by atoms with Gasteiger partial charge in [0, 0.05) is 6.54 Å². The van der Waals surface area contributed by atoms with Crippen molar-refractivity contribution in [1.82, 2.24) is 5.32 Å². The summed E-state index contributed by atoms with van der Waals surface area (Å²) in [7, 11) is 0. The monoisotopic (exact) mass is 375 g/mol. The average Bonchev–Trinajstić information content (AvgIpc) is 2.66. The van der Waals surface area contributed by atoms with Crippen LogP contribution in [0.25, 0.3) is 0 Å². The van der Waals surface area contributed by atoms with Gasteiger partial charge in [-0.05, 0) is 29.7 Å². The van der Waals surface area contributed by atoms with Crippen LogP contribution in [0.1, 0.15) is 34.0 Å². The Morgan fingerprint density at radius 2 is 1.78 bits per heavy atom. The van der Waals surface area contributed by atoms with Gasteiger partial charge in [-0.15, -0.1) is 0 Å². The molecule has 2 rings (SSSR count). The van der Waals surface area contributed by atoms with E-state index >= 15 is 0 Å². The minimum atomic E-state index is -1.35.